The average Bonchev–Trinajstić information content (AvgIpc) is 2.70. The Hall–Kier alpha value is -1.16. The van der Waals surface area contributed by atoms with Crippen LogP contribution >= 0.6 is 0 Å². The fourth-order valence-corrected chi connectivity index (χ4v) is 1.83. The first-order valence-electron chi connectivity index (χ1n) is 4.68. The lowest BCUT2D eigenvalue weighted by molar-refractivity contribution is -0.0226. The maximum absolute atomic E-state index is 11.6. The molecule has 1 aliphatic rings. The molecule has 0 fully saturated rings. The Kier molecular flexibility index (Phi) is 1.96. The van der Waals surface area contributed by atoms with Gasteiger partial charge in [-0.25, -0.2) is 0 Å². The molecule has 0 saturated carbocycles. The van der Waals surface area contributed by atoms with Crippen molar-refractivity contribution in [3.63, 3.8) is 0 Å². The van der Waals surface area contributed by atoms with Gasteiger partial charge in [-0.1, -0.05) is 0 Å². The molecule has 4 nitrogen and oxygen atoms in total. The largest absolute Gasteiger partial charge is 0.377 e. The maximum Gasteiger partial charge on any atom is 0.183 e. The summed E-state index contributed by atoms with van der Waals surface area (Å²) in [5, 5.41) is 4.16. The van der Waals surface area contributed by atoms with Gasteiger partial charge in [0, 0.05) is 19.7 Å². The van der Waals surface area contributed by atoms with E-state index >= 15 is 0 Å². The van der Waals surface area contributed by atoms with E-state index in [1.807, 2.05) is 13.8 Å². The number of rotatable bonds is 2. The monoisotopic (exact) mass is 194 g/mol. The van der Waals surface area contributed by atoms with Gasteiger partial charge in [0.2, 0.25) is 0 Å². The van der Waals surface area contributed by atoms with Crippen LogP contribution in [0.1, 0.15) is 36.8 Å². The smallest absolute Gasteiger partial charge is 0.183 e. The number of hydrogen-bond acceptors (Lipinski definition) is 3. The van der Waals surface area contributed by atoms with Gasteiger partial charge >= 0.3 is 0 Å². The van der Waals surface area contributed by atoms with Gasteiger partial charge in [0.25, 0.3) is 0 Å². The van der Waals surface area contributed by atoms with E-state index in [9.17, 15) is 4.79 Å². The Morgan fingerprint density at radius 1 is 1.64 bits per heavy atom. The molecule has 2 rings (SSSR count). The van der Waals surface area contributed by atoms with E-state index in [1.54, 1.807) is 24.1 Å². The molecule has 1 aromatic rings. The van der Waals surface area contributed by atoms with Gasteiger partial charge in [-0.15, -0.1) is 0 Å². The predicted octanol–water partition coefficient (Wildman–Crippen LogP) is 1.44. The summed E-state index contributed by atoms with van der Waals surface area (Å²) >= 11 is 0. The summed E-state index contributed by atoms with van der Waals surface area (Å²) in [5.41, 5.74) is 0.340. The Morgan fingerprint density at radius 2 is 2.36 bits per heavy atom. The fraction of sp³-hybridized carbons (Fsp3) is 0.600. The van der Waals surface area contributed by atoms with Crippen LogP contribution in [0.15, 0.2) is 12.3 Å². The van der Waals surface area contributed by atoms with Gasteiger partial charge in [0.1, 0.15) is 5.69 Å². The van der Waals surface area contributed by atoms with Crippen molar-refractivity contribution in [3.8, 4) is 0 Å². The number of carbonyl (C=O) groups is 1. The highest BCUT2D eigenvalue weighted by Gasteiger charge is 2.40. The Bertz CT molecular complexity index is 368. The van der Waals surface area contributed by atoms with E-state index in [2.05, 4.69) is 5.10 Å². The number of ether oxygens (including phenoxy) is 1. The molecular formula is C10H14N2O2. The normalized spacial score (nSPS) is 21.4. The van der Waals surface area contributed by atoms with Crippen molar-refractivity contribution in [2.45, 2.75) is 31.9 Å². The molecule has 2 heterocycles. The predicted molar refractivity (Wildman–Crippen MR) is 51.3 cm³/mol. The van der Waals surface area contributed by atoms with Gasteiger partial charge in [0.05, 0.1) is 11.6 Å². The second kappa shape index (κ2) is 2.92. The van der Waals surface area contributed by atoms with Crippen LogP contribution in [0.25, 0.3) is 0 Å². The van der Waals surface area contributed by atoms with E-state index < -0.39 is 0 Å². The van der Waals surface area contributed by atoms with Crippen LogP contribution in [0.4, 0.5) is 0 Å². The topological polar surface area (TPSA) is 44.1 Å². The molecule has 1 aromatic heterocycles. The zero-order valence-corrected chi connectivity index (χ0v) is 8.65. The first kappa shape index (κ1) is 9.40. The van der Waals surface area contributed by atoms with Crippen LogP contribution in [0, 0.1) is 0 Å². The third kappa shape index (κ3) is 1.18. The molecule has 1 aliphatic heterocycles. The molecule has 0 bridgehead atoms. The van der Waals surface area contributed by atoms with Gasteiger partial charge in [0.15, 0.2) is 5.78 Å². The summed E-state index contributed by atoms with van der Waals surface area (Å²) in [6.45, 7) is 3.95. The van der Waals surface area contributed by atoms with Gasteiger partial charge in [-0.2, -0.15) is 5.10 Å². The molecule has 1 atom stereocenters. The van der Waals surface area contributed by atoms with Crippen molar-refractivity contribution in [2.24, 2.45) is 0 Å². The lowest BCUT2D eigenvalue weighted by Crippen LogP contribution is -2.34. The molecule has 1 unspecified atom stereocenters. The zero-order valence-electron chi connectivity index (χ0n) is 8.65. The SMILES string of the molecule is COC(C)(C)C1CC(=O)c2ccnn21. The summed E-state index contributed by atoms with van der Waals surface area (Å²) in [6.07, 6.45) is 2.15. The van der Waals surface area contributed by atoms with Crippen LogP contribution in [0.2, 0.25) is 0 Å². The number of hydrogen-bond donors (Lipinski definition) is 0. The van der Waals surface area contributed by atoms with Crippen LogP contribution in [-0.4, -0.2) is 28.3 Å². The minimum absolute atomic E-state index is 0.0185. The quantitative estimate of drug-likeness (QED) is 0.715. The second-order valence-electron chi connectivity index (χ2n) is 4.11. The van der Waals surface area contributed by atoms with Gasteiger partial charge in [-0.05, 0) is 19.9 Å². The van der Waals surface area contributed by atoms with E-state index in [-0.39, 0.29) is 17.4 Å². The molecule has 0 spiro atoms. The second-order valence-corrected chi connectivity index (χ2v) is 4.11. The molecule has 4 heteroatoms. The summed E-state index contributed by atoms with van der Waals surface area (Å²) in [5.74, 6) is 0.151. The number of aromatic nitrogens is 2. The van der Waals surface area contributed by atoms with Crippen molar-refractivity contribution < 1.29 is 9.53 Å². The highest BCUT2D eigenvalue weighted by Crippen LogP contribution is 2.35. The third-order valence-electron chi connectivity index (χ3n) is 2.96. The number of carbonyl (C=O) groups excluding carboxylic acids is 1. The van der Waals surface area contributed by atoms with Crippen LogP contribution < -0.4 is 0 Å². The number of methoxy groups -OCH3 is 1. The standard InChI is InChI=1S/C10H14N2O2/c1-10(2,14-3)9-6-8(13)7-4-5-11-12(7)9/h4-5,9H,6H2,1-3H3. The molecule has 0 saturated heterocycles. The van der Waals surface area contributed by atoms with Crippen molar-refractivity contribution in [1.29, 1.82) is 0 Å². The highest BCUT2D eigenvalue weighted by atomic mass is 16.5. The van der Waals surface area contributed by atoms with E-state index in [4.69, 9.17) is 4.74 Å². The van der Waals surface area contributed by atoms with Gasteiger partial charge < -0.3 is 4.74 Å². The summed E-state index contributed by atoms with van der Waals surface area (Å²) in [4.78, 5) is 11.6. The Morgan fingerprint density at radius 3 is 3.00 bits per heavy atom. The lowest BCUT2D eigenvalue weighted by Gasteiger charge is -2.29. The first-order chi connectivity index (χ1) is 6.56. The zero-order chi connectivity index (χ0) is 10.3. The number of Topliss-reactive ketones (excluding diaryl/α,β-unsaturated/α-hetero) is 1. The average molecular weight is 194 g/mol. The summed E-state index contributed by atoms with van der Waals surface area (Å²) in [7, 11) is 1.66. The number of fused-ring (bicyclic) bond motifs is 1. The molecular weight excluding hydrogens is 180 g/mol. The minimum Gasteiger partial charge on any atom is -0.377 e. The minimum atomic E-state index is -0.354. The Labute approximate surface area is 82.9 Å². The van der Waals surface area contributed by atoms with Crippen LogP contribution in [0.3, 0.4) is 0 Å². The molecule has 0 amide bonds. The van der Waals surface area contributed by atoms with Crippen LogP contribution in [-0.2, 0) is 4.74 Å². The Balaban J connectivity index is 2.40. The van der Waals surface area contributed by atoms with Crippen molar-refractivity contribution >= 4 is 5.78 Å². The highest BCUT2D eigenvalue weighted by molar-refractivity contribution is 5.96. The van der Waals surface area contributed by atoms with E-state index in [0.29, 0.717) is 12.1 Å². The molecule has 14 heavy (non-hydrogen) atoms. The summed E-state index contributed by atoms with van der Waals surface area (Å²) < 4.78 is 7.15. The van der Waals surface area contributed by atoms with Crippen molar-refractivity contribution in [2.75, 3.05) is 7.11 Å². The summed E-state index contributed by atoms with van der Waals surface area (Å²) in [6, 6.07) is 1.78. The first-order valence-corrected chi connectivity index (χ1v) is 4.68. The number of ketones is 1. The molecule has 0 aromatic carbocycles. The van der Waals surface area contributed by atoms with Gasteiger partial charge in [-0.3, -0.25) is 9.48 Å². The molecule has 0 radical (unpaired) electrons. The van der Waals surface area contributed by atoms with Crippen LogP contribution in [0.5, 0.6) is 0 Å². The van der Waals surface area contributed by atoms with Crippen molar-refractivity contribution in [1.82, 2.24) is 9.78 Å². The lowest BCUT2D eigenvalue weighted by atomic mass is 9.96. The van der Waals surface area contributed by atoms with E-state index in [1.165, 1.54) is 0 Å². The number of nitrogens with zero attached hydrogens (tertiary/aromatic N) is 2. The third-order valence-corrected chi connectivity index (χ3v) is 2.96. The maximum atomic E-state index is 11.6. The molecule has 76 valence electrons. The molecule has 0 aliphatic carbocycles. The van der Waals surface area contributed by atoms with E-state index in [0.717, 1.165) is 0 Å². The van der Waals surface area contributed by atoms with Crippen molar-refractivity contribution in [3.05, 3.63) is 18.0 Å². The molecule has 0 N–H and O–H groups in total. The fourth-order valence-electron chi connectivity index (χ4n) is 1.83.